The predicted molar refractivity (Wildman–Crippen MR) is 82.6 cm³/mol. The third kappa shape index (κ3) is 2.50. The molecule has 0 aliphatic heterocycles. The van der Waals surface area contributed by atoms with Crippen LogP contribution in [0.1, 0.15) is 12.6 Å². The van der Waals surface area contributed by atoms with Crippen LogP contribution in [-0.4, -0.2) is 16.5 Å². The molecule has 0 fully saturated rings. The molecule has 6 heteroatoms. The molecule has 0 saturated heterocycles. The van der Waals surface area contributed by atoms with Gasteiger partial charge < -0.3 is 15.1 Å². The van der Waals surface area contributed by atoms with Crippen molar-refractivity contribution in [1.82, 2.24) is 9.97 Å². The molecule has 2 aromatic heterocycles. The summed E-state index contributed by atoms with van der Waals surface area (Å²) in [6.45, 7) is 2.93. The lowest BCUT2D eigenvalue weighted by atomic mass is 10.2. The minimum absolute atomic E-state index is 0.579. The van der Waals surface area contributed by atoms with Gasteiger partial charge in [0, 0.05) is 29.9 Å². The Bertz CT molecular complexity index is 746. The van der Waals surface area contributed by atoms with Crippen molar-refractivity contribution in [3.63, 3.8) is 0 Å². The van der Waals surface area contributed by atoms with Crippen molar-refractivity contribution >= 4 is 39.3 Å². The number of aromatic nitrogens is 2. The molecule has 102 valence electrons. The Morgan fingerprint density at radius 2 is 2.35 bits per heavy atom. The van der Waals surface area contributed by atoms with Crippen LogP contribution >= 0.6 is 11.3 Å². The van der Waals surface area contributed by atoms with Gasteiger partial charge in [0.05, 0.1) is 5.69 Å². The Hall–Kier alpha value is -2.34. The van der Waals surface area contributed by atoms with Gasteiger partial charge in [-0.25, -0.2) is 9.97 Å². The maximum atomic E-state index is 5.62. The van der Waals surface area contributed by atoms with Crippen LogP contribution in [0.25, 0.3) is 17.2 Å². The van der Waals surface area contributed by atoms with Crippen molar-refractivity contribution in [3.05, 3.63) is 41.9 Å². The first-order chi connectivity index (χ1) is 9.76. The number of nitrogens with zero attached hydrogens (tertiary/aromatic N) is 3. The minimum atomic E-state index is 0.579. The Labute approximate surface area is 120 Å². The normalized spacial score (nSPS) is 11.4. The third-order valence-electron chi connectivity index (χ3n) is 2.95. The van der Waals surface area contributed by atoms with Crippen molar-refractivity contribution < 1.29 is 4.42 Å². The van der Waals surface area contributed by atoms with Crippen molar-refractivity contribution in [1.29, 1.82) is 0 Å². The molecule has 0 saturated carbocycles. The van der Waals surface area contributed by atoms with Gasteiger partial charge >= 0.3 is 0 Å². The second-order valence-corrected chi connectivity index (χ2v) is 5.11. The lowest BCUT2D eigenvalue weighted by molar-refractivity contribution is 0.602. The van der Waals surface area contributed by atoms with Gasteiger partial charge in [-0.15, -0.1) is 11.3 Å². The molecule has 2 N–H and O–H groups in total. The van der Waals surface area contributed by atoms with Crippen LogP contribution in [0, 0.1) is 0 Å². The van der Waals surface area contributed by atoms with E-state index in [1.807, 2.05) is 35.9 Å². The van der Waals surface area contributed by atoms with E-state index in [1.165, 1.54) is 17.7 Å². The molecule has 20 heavy (non-hydrogen) atoms. The van der Waals surface area contributed by atoms with E-state index in [0.717, 1.165) is 29.0 Å². The number of rotatable bonds is 4. The number of hydrogen-bond acceptors (Lipinski definition) is 6. The van der Waals surface area contributed by atoms with E-state index >= 15 is 0 Å². The van der Waals surface area contributed by atoms with Crippen LogP contribution in [0.15, 0.2) is 40.6 Å². The number of hydrogen-bond donors (Lipinski definition) is 1. The van der Waals surface area contributed by atoms with E-state index in [0.29, 0.717) is 5.13 Å². The summed E-state index contributed by atoms with van der Waals surface area (Å²) >= 11 is 1.44. The van der Waals surface area contributed by atoms with Crippen LogP contribution in [0.5, 0.6) is 0 Å². The van der Waals surface area contributed by atoms with Crippen molar-refractivity contribution in [2.24, 2.45) is 0 Å². The fraction of sp³-hybridized carbons (Fsp3) is 0.143. The van der Waals surface area contributed by atoms with Gasteiger partial charge in [0.2, 0.25) is 0 Å². The van der Waals surface area contributed by atoms with Crippen molar-refractivity contribution in [2.75, 3.05) is 17.2 Å². The van der Waals surface area contributed by atoms with E-state index in [-0.39, 0.29) is 0 Å². The van der Waals surface area contributed by atoms with E-state index in [2.05, 4.69) is 21.8 Å². The quantitative estimate of drug-likeness (QED) is 0.796. The van der Waals surface area contributed by atoms with Crippen LogP contribution < -0.4 is 10.6 Å². The van der Waals surface area contributed by atoms with E-state index in [4.69, 9.17) is 10.2 Å². The highest BCUT2D eigenvalue weighted by Crippen LogP contribution is 2.22. The monoisotopic (exact) mass is 286 g/mol. The van der Waals surface area contributed by atoms with E-state index < -0.39 is 0 Å². The highest BCUT2D eigenvalue weighted by molar-refractivity contribution is 7.13. The summed E-state index contributed by atoms with van der Waals surface area (Å²) < 4.78 is 5.33. The Morgan fingerprint density at radius 3 is 3.10 bits per heavy atom. The number of thiazole rings is 1. The highest BCUT2D eigenvalue weighted by atomic mass is 32.1. The van der Waals surface area contributed by atoms with Gasteiger partial charge in [-0.2, -0.15) is 0 Å². The number of benzene rings is 1. The van der Waals surface area contributed by atoms with Crippen LogP contribution in [0.3, 0.4) is 0 Å². The standard InChI is InChI=1S/C14H14N4OS/c1-2-18(6-5-10-8-20-14(15)17-10)11-3-4-12-13(7-11)19-9-16-12/h3-9H,2H2,1H3,(H2,15,17). The zero-order chi connectivity index (χ0) is 13.9. The lowest BCUT2D eigenvalue weighted by Crippen LogP contribution is -2.14. The van der Waals surface area contributed by atoms with Gasteiger partial charge in [-0.05, 0) is 25.1 Å². The molecule has 3 rings (SSSR count). The van der Waals surface area contributed by atoms with Crippen molar-refractivity contribution in [3.8, 4) is 0 Å². The van der Waals surface area contributed by atoms with Gasteiger partial charge in [-0.1, -0.05) is 0 Å². The molecule has 0 spiro atoms. The zero-order valence-electron chi connectivity index (χ0n) is 11.0. The maximum absolute atomic E-state index is 5.62. The number of nitrogen functional groups attached to an aromatic ring is 1. The fourth-order valence-corrected chi connectivity index (χ4v) is 2.47. The predicted octanol–water partition coefficient (Wildman–Crippen LogP) is 3.36. The first-order valence-electron chi connectivity index (χ1n) is 6.25. The van der Waals surface area contributed by atoms with Gasteiger partial charge in [0.15, 0.2) is 17.1 Å². The molecule has 0 aliphatic rings. The molecule has 2 heterocycles. The highest BCUT2D eigenvalue weighted by Gasteiger charge is 2.05. The van der Waals surface area contributed by atoms with Crippen molar-refractivity contribution in [2.45, 2.75) is 6.92 Å². The van der Waals surface area contributed by atoms with E-state index in [1.54, 1.807) is 0 Å². The Kier molecular flexibility index (Phi) is 3.39. The molecule has 0 aliphatic carbocycles. The molecule has 0 bridgehead atoms. The first-order valence-corrected chi connectivity index (χ1v) is 7.13. The first kappa shape index (κ1) is 12.7. The van der Waals surface area contributed by atoms with Crippen LogP contribution in [0.2, 0.25) is 0 Å². The smallest absolute Gasteiger partial charge is 0.181 e. The number of nitrogens with two attached hydrogens (primary N) is 1. The SMILES string of the molecule is CCN(C=Cc1csc(N)n1)c1ccc2ncoc2c1. The summed E-state index contributed by atoms with van der Waals surface area (Å²) in [6.07, 6.45) is 5.39. The molecule has 0 amide bonds. The average molecular weight is 286 g/mol. The molecule has 0 radical (unpaired) electrons. The summed E-state index contributed by atoms with van der Waals surface area (Å²) in [7, 11) is 0. The molecular formula is C14H14N4OS. The molecule has 5 nitrogen and oxygen atoms in total. The molecule has 3 aromatic rings. The third-order valence-corrected chi connectivity index (χ3v) is 3.64. The van der Waals surface area contributed by atoms with Crippen LogP contribution in [-0.2, 0) is 0 Å². The summed E-state index contributed by atoms with van der Waals surface area (Å²) in [4.78, 5) is 10.4. The maximum Gasteiger partial charge on any atom is 0.181 e. The van der Waals surface area contributed by atoms with Gasteiger partial charge in [-0.3, -0.25) is 0 Å². The summed E-state index contributed by atoms with van der Waals surface area (Å²) in [5, 5.41) is 2.51. The summed E-state index contributed by atoms with van der Waals surface area (Å²) in [5.41, 5.74) is 9.19. The second kappa shape index (κ2) is 5.34. The average Bonchev–Trinajstić information content (AvgIpc) is 3.07. The minimum Gasteiger partial charge on any atom is -0.443 e. The number of anilines is 2. The number of fused-ring (bicyclic) bond motifs is 1. The summed E-state index contributed by atoms with van der Waals surface area (Å²) in [6, 6.07) is 5.95. The molecule has 1 aromatic carbocycles. The molecule has 0 unspecified atom stereocenters. The Balaban J connectivity index is 1.86. The van der Waals surface area contributed by atoms with Gasteiger partial charge in [0.1, 0.15) is 5.52 Å². The van der Waals surface area contributed by atoms with Gasteiger partial charge in [0.25, 0.3) is 0 Å². The fourth-order valence-electron chi connectivity index (χ4n) is 1.94. The largest absolute Gasteiger partial charge is 0.443 e. The molecular weight excluding hydrogens is 272 g/mol. The zero-order valence-corrected chi connectivity index (χ0v) is 11.8. The Morgan fingerprint density at radius 1 is 1.45 bits per heavy atom. The molecule has 0 atom stereocenters. The van der Waals surface area contributed by atoms with Crippen LogP contribution in [0.4, 0.5) is 10.8 Å². The second-order valence-electron chi connectivity index (χ2n) is 4.22. The topological polar surface area (TPSA) is 68.2 Å². The lowest BCUT2D eigenvalue weighted by Gasteiger charge is -2.17. The van der Waals surface area contributed by atoms with E-state index in [9.17, 15) is 0 Å². The summed E-state index contributed by atoms with van der Waals surface area (Å²) in [5.74, 6) is 0. The number of oxazole rings is 1.